The van der Waals surface area contributed by atoms with Crippen LogP contribution in [0.2, 0.25) is 0 Å². The number of aliphatic hydroxyl groups is 1. The molecule has 1 saturated carbocycles. The zero-order valence-electron chi connectivity index (χ0n) is 17.1. The number of carbonyl (C=O) groups excluding carboxylic acids is 1. The number of rotatable bonds is 4. The van der Waals surface area contributed by atoms with Crippen molar-refractivity contribution >= 4 is 30.0 Å². The summed E-state index contributed by atoms with van der Waals surface area (Å²) < 4.78 is 18.3. The predicted molar refractivity (Wildman–Crippen MR) is 110 cm³/mol. The number of Topliss-reactive ketones (excluding diaryl/α,β-unsaturated/α-hetero) is 1. The average Bonchev–Trinajstić information content (AvgIpc) is 2.83. The summed E-state index contributed by atoms with van der Waals surface area (Å²) in [5.41, 5.74) is 2.59. The van der Waals surface area contributed by atoms with Crippen LogP contribution >= 0.6 is 11.6 Å². The maximum Gasteiger partial charge on any atom is 0.495 e. The summed E-state index contributed by atoms with van der Waals surface area (Å²) in [7, 11) is -0.431. The second-order valence-electron chi connectivity index (χ2n) is 8.57. The van der Waals surface area contributed by atoms with E-state index in [1.807, 2.05) is 52.8 Å². The fraction of sp³-hybridized carbons (Fsp3) is 0.571. The molecule has 1 heterocycles. The molecule has 5 nitrogen and oxygen atoms in total. The first-order valence-corrected chi connectivity index (χ1v) is 10.1. The van der Waals surface area contributed by atoms with Gasteiger partial charge in [-0.3, -0.25) is 4.79 Å². The van der Waals surface area contributed by atoms with Gasteiger partial charge in [-0.15, -0.1) is 11.6 Å². The van der Waals surface area contributed by atoms with E-state index in [2.05, 4.69) is 0 Å². The molecule has 3 rings (SSSR count). The molecule has 0 amide bonds. The molecule has 7 heteroatoms. The second kappa shape index (κ2) is 7.83. The van der Waals surface area contributed by atoms with Gasteiger partial charge in [0.25, 0.3) is 0 Å². The molecule has 1 saturated heterocycles. The third kappa shape index (κ3) is 4.01. The lowest BCUT2D eigenvalue weighted by atomic mass is 9.75. The molecule has 1 N–H and O–H groups in total. The molecule has 2 fully saturated rings. The normalized spacial score (nSPS) is 28.1. The van der Waals surface area contributed by atoms with E-state index in [1.54, 1.807) is 0 Å². The first-order valence-electron chi connectivity index (χ1n) is 9.62. The Hall–Kier alpha value is -1.34. The topological polar surface area (TPSA) is 65.0 Å². The average molecular weight is 407 g/mol. The van der Waals surface area contributed by atoms with Crippen molar-refractivity contribution in [2.45, 2.75) is 76.8 Å². The van der Waals surface area contributed by atoms with Crippen molar-refractivity contribution in [2.24, 2.45) is 0 Å². The van der Waals surface area contributed by atoms with Crippen LogP contribution in [0.3, 0.4) is 0 Å². The smallest absolute Gasteiger partial charge is 0.495 e. The number of hydrogen-bond acceptors (Lipinski definition) is 5. The number of hydrogen-bond donors (Lipinski definition) is 1. The van der Waals surface area contributed by atoms with Gasteiger partial charge in [-0.25, -0.2) is 0 Å². The van der Waals surface area contributed by atoms with Crippen LogP contribution in [0.1, 0.15) is 51.7 Å². The number of alkyl halides is 1. The molecule has 2 atom stereocenters. The van der Waals surface area contributed by atoms with Crippen molar-refractivity contribution in [1.29, 1.82) is 0 Å². The lowest BCUT2D eigenvalue weighted by Crippen LogP contribution is -2.41. The van der Waals surface area contributed by atoms with Gasteiger partial charge in [0.1, 0.15) is 0 Å². The molecule has 0 spiro atoms. The minimum atomic E-state index is -0.431. The lowest BCUT2D eigenvalue weighted by Gasteiger charge is -2.32. The second-order valence-corrected chi connectivity index (χ2v) is 9.13. The zero-order chi connectivity index (χ0) is 20.7. The highest BCUT2D eigenvalue weighted by Gasteiger charge is 2.52. The number of ketones is 1. The standard InChI is InChI=1S/C21H28BClO5/c1-13-14(12-26-19-10-18(25)15(11-24)9-17(19)23)7-6-8-16(13)22-27-20(2,3)21(4,5)28-22/h6-8,11,17,19,24H,9-10,12H2,1-5H3. The molecule has 152 valence electrons. The highest BCUT2D eigenvalue weighted by atomic mass is 35.5. The van der Waals surface area contributed by atoms with E-state index in [9.17, 15) is 4.79 Å². The minimum Gasteiger partial charge on any atom is -0.515 e. The molecule has 0 aromatic heterocycles. The van der Waals surface area contributed by atoms with Crippen molar-refractivity contribution in [1.82, 2.24) is 0 Å². The number of halogens is 1. The highest BCUT2D eigenvalue weighted by Crippen LogP contribution is 2.37. The first-order chi connectivity index (χ1) is 13.1. The predicted octanol–water partition coefficient (Wildman–Crippen LogP) is 3.59. The maximum atomic E-state index is 12.0. The van der Waals surface area contributed by atoms with Gasteiger partial charge in [-0.2, -0.15) is 0 Å². The summed E-state index contributed by atoms with van der Waals surface area (Å²) in [6.45, 7) is 10.5. The van der Waals surface area contributed by atoms with Crippen molar-refractivity contribution in [3.05, 3.63) is 41.2 Å². The number of allylic oxidation sites excluding steroid dienone is 1. The molecular weight excluding hydrogens is 378 g/mol. The van der Waals surface area contributed by atoms with E-state index in [0.717, 1.165) is 22.9 Å². The Kier molecular flexibility index (Phi) is 5.97. The van der Waals surface area contributed by atoms with E-state index in [0.29, 0.717) is 18.6 Å². The van der Waals surface area contributed by atoms with E-state index in [1.165, 1.54) is 0 Å². The summed E-state index contributed by atoms with van der Waals surface area (Å²) in [6.07, 6.45) is 0.967. The van der Waals surface area contributed by atoms with Crippen molar-refractivity contribution in [2.75, 3.05) is 0 Å². The van der Waals surface area contributed by atoms with Crippen LogP contribution in [0.4, 0.5) is 0 Å². The highest BCUT2D eigenvalue weighted by molar-refractivity contribution is 6.62. The molecule has 1 aromatic carbocycles. The molecule has 2 aliphatic rings. The fourth-order valence-corrected chi connectivity index (χ4v) is 3.80. The first kappa shape index (κ1) is 21.4. The van der Waals surface area contributed by atoms with E-state index in [4.69, 9.17) is 30.8 Å². The van der Waals surface area contributed by atoms with Gasteiger partial charge in [0.05, 0.1) is 35.6 Å². The van der Waals surface area contributed by atoms with Crippen molar-refractivity contribution in [3.8, 4) is 0 Å². The van der Waals surface area contributed by atoms with Gasteiger partial charge in [0.15, 0.2) is 5.78 Å². The summed E-state index contributed by atoms with van der Waals surface area (Å²) >= 11 is 6.36. The van der Waals surface area contributed by atoms with Crippen LogP contribution in [0.15, 0.2) is 30.0 Å². The van der Waals surface area contributed by atoms with Crippen LogP contribution in [0.5, 0.6) is 0 Å². The summed E-state index contributed by atoms with van der Waals surface area (Å²) in [4.78, 5) is 12.0. The van der Waals surface area contributed by atoms with Crippen LogP contribution < -0.4 is 5.46 Å². The van der Waals surface area contributed by atoms with Crippen LogP contribution in [-0.4, -0.2) is 40.7 Å². The number of benzene rings is 1. The molecule has 0 radical (unpaired) electrons. The largest absolute Gasteiger partial charge is 0.515 e. The van der Waals surface area contributed by atoms with Gasteiger partial charge in [-0.1, -0.05) is 18.2 Å². The zero-order valence-corrected chi connectivity index (χ0v) is 17.9. The molecule has 1 aliphatic heterocycles. The van der Waals surface area contributed by atoms with E-state index < -0.39 is 18.3 Å². The van der Waals surface area contributed by atoms with E-state index in [-0.39, 0.29) is 23.7 Å². The van der Waals surface area contributed by atoms with Crippen LogP contribution in [0.25, 0.3) is 0 Å². The van der Waals surface area contributed by atoms with Gasteiger partial charge in [0, 0.05) is 12.0 Å². The molecule has 28 heavy (non-hydrogen) atoms. The monoisotopic (exact) mass is 406 g/mol. The van der Waals surface area contributed by atoms with Crippen molar-refractivity contribution in [3.63, 3.8) is 0 Å². The Labute approximate surface area is 172 Å². The Balaban J connectivity index is 1.72. The number of aliphatic hydroxyl groups excluding tert-OH is 1. The molecule has 0 bridgehead atoms. The molecule has 1 aliphatic carbocycles. The van der Waals surface area contributed by atoms with Crippen LogP contribution in [-0.2, 0) is 25.4 Å². The Morgan fingerprint density at radius 1 is 1.25 bits per heavy atom. The van der Waals surface area contributed by atoms with Gasteiger partial charge in [0.2, 0.25) is 0 Å². The fourth-order valence-electron chi connectivity index (χ4n) is 3.47. The molecule has 2 unspecified atom stereocenters. The Bertz CT molecular complexity index is 773. The maximum absolute atomic E-state index is 12.0. The van der Waals surface area contributed by atoms with Crippen LogP contribution in [0, 0.1) is 6.92 Å². The lowest BCUT2D eigenvalue weighted by molar-refractivity contribution is -0.120. The minimum absolute atomic E-state index is 0.118. The van der Waals surface area contributed by atoms with Gasteiger partial charge in [-0.05, 0) is 57.6 Å². The number of carbonyl (C=O) groups is 1. The number of ether oxygens (including phenoxy) is 1. The Morgan fingerprint density at radius 2 is 1.89 bits per heavy atom. The quantitative estimate of drug-likeness (QED) is 0.358. The molecule has 1 aromatic rings. The van der Waals surface area contributed by atoms with Crippen molar-refractivity contribution < 1.29 is 23.9 Å². The van der Waals surface area contributed by atoms with Gasteiger partial charge >= 0.3 is 7.12 Å². The summed E-state index contributed by atoms with van der Waals surface area (Å²) in [5.74, 6) is -0.118. The summed E-state index contributed by atoms with van der Waals surface area (Å²) in [5, 5.41) is 8.77. The summed E-state index contributed by atoms with van der Waals surface area (Å²) in [6, 6.07) is 5.97. The van der Waals surface area contributed by atoms with Gasteiger partial charge < -0.3 is 19.2 Å². The SMILES string of the molecule is Cc1c(COC2CC(=O)C(=CO)CC2Cl)cccc1B1OC(C)(C)C(C)(C)O1. The third-order valence-electron chi connectivity index (χ3n) is 6.17. The van der Waals surface area contributed by atoms with E-state index >= 15 is 0 Å². The molecular formula is C21H28BClO5. The Morgan fingerprint density at radius 3 is 2.50 bits per heavy atom. The third-order valence-corrected chi connectivity index (χ3v) is 6.60.